The van der Waals surface area contributed by atoms with Gasteiger partial charge in [-0.1, -0.05) is 30.1 Å². The lowest BCUT2D eigenvalue weighted by Gasteiger charge is -2.34. The summed E-state index contributed by atoms with van der Waals surface area (Å²) < 4.78 is 66.8. The summed E-state index contributed by atoms with van der Waals surface area (Å²) in [6.45, 7) is 1.71. The van der Waals surface area contributed by atoms with E-state index >= 15 is 0 Å². The van der Waals surface area contributed by atoms with Gasteiger partial charge in [0.2, 0.25) is 0 Å². The minimum atomic E-state index is -4.90. The summed E-state index contributed by atoms with van der Waals surface area (Å²) in [5, 5.41) is 8.74. The van der Waals surface area contributed by atoms with Gasteiger partial charge in [-0.25, -0.2) is 13.2 Å². The zero-order chi connectivity index (χ0) is 28.4. The number of alkyl halides is 3. The van der Waals surface area contributed by atoms with E-state index in [0.717, 1.165) is 4.90 Å². The number of carboxylic acid groups (broad SMARTS) is 1. The average molecular weight is 598 g/mol. The second kappa shape index (κ2) is 11.4. The summed E-state index contributed by atoms with van der Waals surface area (Å²) in [5.74, 6) is -1.35. The minimum Gasteiger partial charge on any atom is -0.465 e. The molecule has 0 aliphatic carbocycles. The molecule has 1 fully saturated rings. The SMILES string of the molecule is CCS(=O)(=O)c1ccc(Cl)cc1NNC(=O)c1cc(C(F)(F)F)c(CN2CCN(C(=O)O)CC2)c(Cl)c1N. The number of hydrogen-bond donors (Lipinski definition) is 4. The van der Waals surface area contributed by atoms with Crippen LogP contribution in [0.5, 0.6) is 0 Å². The first-order valence-electron chi connectivity index (χ1n) is 11.1. The van der Waals surface area contributed by atoms with E-state index in [1.807, 2.05) is 0 Å². The largest absolute Gasteiger partial charge is 0.465 e. The number of nitrogens with zero attached hydrogens (tertiary/aromatic N) is 2. The van der Waals surface area contributed by atoms with Crippen LogP contribution in [-0.4, -0.2) is 67.3 Å². The maximum atomic E-state index is 14.0. The third-order valence-electron chi connectivity index (χ3n) is 5.95. The molecule has 0 bridgehead atoms. The van der Waals surface area contributed by atoms with Gasteiger partial charge in [0.25, 0.3) is 5.91 Å². The molecule has 10 nitrogen and oxygen atoms in total. The first-order chi connectivity index (χ1) is 17.7. The molecule has 0 radical (unpaired) electrons. The summed E-state index contributed by atoms with van der Waals surface area (Å²) in [7, 11) is -3.73. The number of piperazine rings is 1. The standard InChI is InChI=1S/C22H24Cl2F3N5O5S/c1-2-38(36,37)17-4-3-12(23)9-16(17)29-30-20(33)13-10-15(22(25,26)27)14(18(24)19(13)28)11-31-5-7-32(8-6-31)21(34)35/h3-4,9-10,29H,2,5-8,11,28H2,1H3,(H,30,33)(H,34,35). The van der Waals surface area contributed by atoms with Crippen LogP contribution in [0.15, 0.2) is 29.2 Å². The molecule has 5 N–H and O–H groups in total. The molecular formula is C22H24Cl2F3N5O5S. The zero-order valence-corrected chi connectivity index (χ0v) is 22.2. The van der Waals surface area contributed by atoms with Crippen molar-refractivity contribution >= 4 is 56.4 Å². The van der Waals surface area contributed by atoms with Crippen molar-refractivity contribution in [1.29, 1.82) is 0 Å². The Bertz CT molecular complexity index is 1350. The normalized spacial score (nSPS) is 14.8. The molecule has 1 aliphatic rings. The number of rotatable bonds is 7. The quantitative estimate of drug-likeness (QED) is 0.277. The molecule has 2 aromatic rings. The van der Waals surface area contributed by atoms with Gasteiger partial charge in [-0.15, -0.1) is 0 Å². The highest BCUT2D eigenvalue weighted by Crippen LogP contribution is 2.40. The Kier molecular flexibility index (Phi) is 8.91. The number of hydrazine groups is 1. The van der Waals surface area contributed by atoms with Gasteiger partial charge in [-0.3, -0.25) is 20.5 Å². The van der Waals surface area contributed by atoms with Gasteiger partial charge < -0.3 is 15.7 Å². The number of benzene rings is 2. The highest BCUT2D eigenvalue weighted by molar-refractivity contribution is 7.91. The van der Waals surface area contributed by atoms with E-state index < -0.39 is 49.9 Å². The molecule has 0 unspecified atom stereocenters. The van der Waals surface area contributed by atoms with Crippen LogP contribution < -0.4 is 16.6 Å². The Labute approximate surface area is 226 Å². The van der Waals surface area contributed by atoms with Crippen LogP contribution in [-0.2, 0) is 22.6 Å². The monoisotopic (exact) mass is 597 g/mol. The van der Waals surface area contributed by atoms with Gasteiger partial charge in [0, 0.05) is 37.7 Å². The molecule has 2 aromatic carbocycles. The summed E-state index contributed by atoms with van der Waals surface area (Å²) in [4.78, 5) is 26.5. The van der Waals surface area contributed by atoms with Gasteiger partial charge in [0.1, 0.15) is 0 Å². The molecule has 1 heterocycles. The second-order valence-electron chi connectivity index (χ2n) is 8.34. The summed E-state index contributed by atoms with van der Waals surface area (Å²) in [6, 6.07) is 4.37. The van der Waals surface area contributed by atoms with Gasteiger partial charge in [-0.05, 0) is 29.8 Å². The Morgan fingerprint density at radius 3 is 2.32 bits per heavy atom. The smallest absolute Gasteiger partial charge is 0.416 e. The van der Waals surface area contributed by atoms with Gasteiger partial charge in [0.05, 0.1) is 38.2 Å². The first-order valence-corrected chi connectivity index (χ1v) is 13.5. The number of hydrogen-bond acceptors (Lipinski definition) is 7. The van der Waals surface area contributed by atoms with Crippen LogP contribution in [0.25, 0.3) is 0 Å². The number of nitrogens with two attached hydrogens (primary N) is 1. The van der Waals surface area contributed by atoms with E-state index in [9.17, 15) is 31.2 Å². The molecule has 1 aliphatic heterocycles. The van der Waals surface area contributed by atoms with Crippen molar-refractivity contribution in [1.82, 2.24) is 15.2 Å². The molecule has 1 saturated heterocycles. The predicted octanol–water partition coefficient (Wildman–Crippen LogP) is 3.94. The van der Waals surface area contributed by atoms with E-state index in [0.29, 0.717) is 6.07 Å². The van der Waals surface area contributed by atoms with Crippen LogP contribution in [0.1, 0.15) is 28.4 Å². The van der Waals surface area contributed by atoms with Crippen molar-refractivity contribution in [2.24, 2.45) is 0 Å². The van der Waals surface area contributed by atoms with Crippen molar-refractivity contribution in [2.45, 2.75) is 24.5 Å². The lowest BCUT2D eigenvalue weighted by atomic mass is 10.00. The van der Waals surface area contributed by atoms with Gasteiger partial charge in [-0.2, -0.15) is 13.2 Å². The van der Waals surface area contributed by atoms with Crippen LogP contribution in [0.4, 0.5) is 29.3 Å². The minimum absolute atomic E-state index is 0.0921. The number of anilines is 2. The Morgan fingerprint density at radius 2 is 1.76 bits per heavy atom. The fourth-order valence-corrected chi connectivity index (χ4v) is 5.31. The van der Waals surface area contributed by atoms with Gasteiger partial charge >= 0.3 is 12.3 Å². The molecular weight excluding hydrogens is 574 g/mol. The van der Waals surface area contributed by atoms with Crippen LogP contribution in [0.3, 0.4) is 0 Å². The molecule has 2 amide bonds. The van der Waals surface area contributed by atoms with E-state index in [1.165, 1.54) is 25.1 Å². The molecule has 0 atom stereocenters. The summed E-state index contributed by atoms with van der Waals surface area (Å²) in [5.41, 5.74) is 7.89. The highest BCUT2D eigenvalue weighted by atomic mass is 35.5. The van der Waals surface area contributed by atoms with E-state index in [-0.39, 0.29) is 59.6 Å². The van der Waals surface area contributed by atoms with E-state index in [2.05, 4.69) is 10.9 Å². The van der Waals surface area contributed by atoms with Crippen molar-refractivity contribution in [3.05, 3.63) is 51.0 Å². The number of carbonyl (C=O) groups excluding carboxylic acids is 1. The van der Waals surface area contributed by atoms with E-state index in [1.54, 1.807) is 4.90 Å². The lowest BCUT2D eigenvalue weighted by molar-refractivity contribution is -0.138. The Morgan fingerprint density at radius 1 is 1.13 bits per heavy atom. The van der Waals surface area contributed by atoms with Crippen molar-refractivity contribution in [2.75, 3.05) is 43.1 Å². The molecule has 208 valence electrons. The predicted molar refractivity (Wildman–Crippen MR) is 136 cm³/mol. The summed E-state index contributed by atoms with van der Waals surface area (Å²) in [6.07, 6.45) is -6.02. The fourth-order valence-electron chi connectivity index (χ4n) is 3.84. The van der Waals surface area contributed by atoms with Crippen molar-refractivity contribution in [3.63, 3.8) is 0 Å². The Hall–Kier alpha value is -2.94. The number of halogens is 5. The molecule has 3 rings (SSSR count). The number of nitrogens with one attached hydrogen (secondary N) is 2. The maximum Gasteiger partial charge on any atom is 0.416 e. The first kappa shape index (κ1) is 29.6. The number of sulfone groups is 1. The molecule has 16 heteroatoms. The van der Waals surface area contributed by atoms with E-state index in [4.69, 9.17) is 34.0 Å². The van der Waals surface area contributed by atoms with Crippen molar-refractivity contribution in [3.8, 4) is 0 Å². The molecule has 38 heavy (non-hydrogen) atoms. The number of carbonyl (C=O) groups is 2. The molecule has 0 saturated carbocycles. The fraction of sp³-hybridized carbons (Fsp3) is 0.364. The van der Waals surface area contributed by atoms with Crippen LogP contribution >= 0.6 is 23.2 Å². The number of nitrogen functional groups attached to an aromatic ring is 1. The molecule has 0 spiro atoms. The highest BCUT2D eigenvalue weighted by Gasteiger charge is 2.37. The summed E-state index contributed by atoms with van der Waals surface area (Å²) >= 11 is 12.2. The average Bonchev–Trinajstić information content (AvgIpc) is 2.85. The van der Waals surface area contributed by atoms with Crippen LogP contribution in [0, 0.1) is 0 Å². The van der Waals surface area contributed by atoms with Gasteiger partial charge in [0.15, 0.2) is 9.84 Å². The second-order valence-corrected chi connectivity index (χ2v) is 11.4. The maximum absolute atomic E-state index is 14.0. The lowest BCUT2D eigenvalue weighted by Crippen LogP contribution is -2.48. The topological polar surface area (TPSA) is 145 Å². The third kappa shape index (κ3) is 6.54. The van der Waals surface area contributed by atoms with Crippen LogP contribution in [0.2, 0.25) is 10.0 Å². The molecule has 0 aromatic heterocycles. The zero-order valence-electron chi connectivity index (χ0n) is 19.9. The number of amides is 2. The van der Waals surface area contributed by atoms with Crippen molar-refractivity contribution < 1.29 is 36.3 Å². The Balaban J connectivity index is 1.90. The third-order valence-corrected chi connectivity index (χ3v) is 8.40.